The van der Waals surface area contributed by atoms with Gasteiger partial charge in [-0.05, 0) is 24.3 Å². The van der Waals surface area contributed by atoms with Gasteiger partial charge in [0.2, 0.25) is 24.0 Å². The van der Waals surface area contributed by atoms with Gasteiger partial charge in [0.1, 0.15) is 0 Å². The molecule has 0 atom stereocenters. The van der Waals surface area contributed by atoms with Gasteiger partial charge in [-0.2, -0.15) is 0 Å². The number of sulfone groups is 2. The molecular weight excluding hydrogens is 354 g/mol. The lowest BCUT2D eigenvalue weighted by Crippen LogP contribution is -2.00. The molecule has 0 saturated heterocycles. The van der Waals surface area contributed by atoms with Crippen LogP contribution in [0.1, 0.15) is 0 Å². The Hall–Kier alpha value is -2.03. The summed E-state index contributed by atoms with van der Waals surface area (Å²) in [4.78, 5) is 4.08. The molecule has 1 heterocycles. The van der Waals surface area contributed by atoms with Crippen molar-refractivity contribution in [2.24, 2.45) is 0 Å². The Morgan fingerprint density at radius 1 is 0.783 bits per heavy atom. The molecule has 0 aliphatic carbocycles. The van der Waals surface area contributed by atoms with Crippen molar-refractivity contribution in [1.82, 2.24) is 4.98 Å². The van der Waals surface area contributed by atoms with Crippen molar-refractivity contribution in [3.05, 3.63) is 65.4 Å². The first-order valence-electron chi connectivity index (χ1n) is 6.47. The number of rotatable bonds is 4. The topological polar surface area (TPSA) is 81.2 Å². The number of para-hydroxylation sites is 1. The molecule has 3 rings (SSSR count). The van der Waals surface area contributed by atoms with Crippen LogP contribution in [-0.2, 0) is 19.7 Å². The van der Waals surface area contributed by atoms with Crippen molar-refractivity contribution in [2.75, 3.05) is 0 Å². The van der Waals surface area contributed by atoms with E-state index in [9.17, 15) is 16.8 Å². The van der Waals surface area contributed by atoms with Gasteiger partial charge in [-0.15, -0.1) is 11.3 Å². The van der Waals surface area contributed by atoms with E-state index in [0.29, 0.717) is 16.3 Å². The Labute approximate surface area is 137 Å². The van der Waals surface area contributed by atoms with Gasteiger partial charge < -0.3 is 0 Å². The summed E-state index contributed by atoms with van der Waals surface area (Å²) in [5.74, 6) is 0. The normalized spacial score (nSPS) is 12.9. The van der Waals surface area contributed by atoms with Gasteiger partial charge in [-0.3, -0.25) is 0 Å². The molecule has 0 radical (unpaired) electrons. The number of thiazole rings is 1. The first-order chi connectivity index (χ1) is 10.9. The molecule has 8 heteroatoms. The Balaban J connectivity index is 1.97. The number of hydrogen-bond donors (Lipinski definition) is 0. The molecule has 0 bridgehead atoms. The zero-order chi connectivity index (χ0) is 16.5. The van der Waals surface area contributed by atoms with Crippen LogP contribution in [-0.4, -0.2) is 21.8 Å². The lowest BCUT2D eigenvalue weighted by Gasteiger charge is -1.97. The van der Waals surface area contributed by atoms with Crippen LogP contribution in [0.4, 0.5) is 0 Å². The van der Waals surface area contributed by atoms with Crippen LogP contribution >= 0.6 is 11.3 Å². The Morgan fingerprint density at radius 3 is 2.09 bits per heavy atom. The van der Waals surface area contributed by atoms with E-state index in [1.54, 1.807) is 42.5 Å². The highest BCUT2D eigenvalue weighted by Gasteiger charge is 2.18. The molecule has 0 aliphatic heterocycles. The molecule has 0 unspecified atom stereocenters. The number of aromatic nitrogens is 1. The minimum atomic E-state index is -3.92. The van der Waals surface area contributed by atoms with Crippen molar-refractivity contribution in [3.8, 4) is 0 Å². The molecule has 23 heavy (non-hydrogen) atoms. The van der Waals surface area contributed by atoms with Crippen molar-refractivity contribution in [1.29, 1.82) is 0 Å². The average Bonchev–Trinajstić information content (AvgIpc) is 2.99. The summed E-state index contributed by atoms with van der Waals surface area (Å²) in [7, 11) is -7.73. The third kappa shape index (κ3) is 3.34. The number of benzene rings is 2. The second kappa shape index (κ2) is 5.88. The summed E-state index contributed by atoms with van der Waals surface area (Å²) in [5, 5.41) is 1.39. The Bertz CT molecular complexity index is 1050. The summed E-state index contributed by atoms with van der Waals surface area (Å²) < 4.78 is 49.4. The number of fused-ring (bicyclic) bond motifs is 1. The van der Waals surface area contributed by atoms with Crippen LogP contribution in [0.15, 0.2) is 74.6 Å². The highest BCUT2D eigenvalue weighted by Crippen LogP contribution is 2.26. The van der Waals surface area contributed by atoms with Gasteiger partial charge in [0, 0.05) is 10.8 Å². The molecule has 0 spiro atoms. The molecule has 118 valence electrons. The minimum absolute atomic E-state index is 0.0377. The molecule has 3 aromatic rings. The Kier molecular flexibility index (Phi) is 4.05. The van der Waals surface area contributed by atoms with Crippen LogP contribution in [0.3, 0.4) is 0 Å². The smallest absolute Gasteiger partial charge is 0.225 e. The summed E-state index contributed by atoms with van der Waals surface area (Å²) in [6, 6.07) is 14.6. The fourth-order valence-electron chi connectivity index (χ4n) is 1.87. The predicted molar refractivity (Wildman–Crippen MR) is 89.6 cm³/mol. The van der Waals surface area contributed by atoms with E-state index in [2.05, 4.69) is 4.98 Å². The summed E-state index contributed by atoms with van der Waals surface area (Å²) >= 11 is 1.01. The quantitative estimate of drug-likeness (QED) is 0.710. The summed E-state index contributed by atoms with van der Waals surface area (Å²) in [6.45, 7) is 0. The highest BCUT2D eigenvalue weighted by atomic mass is 32.2. The van der Waals surface area contributed by atoms with Crippen LogP contribution in [0.25, 0.3) is 10.2 Å². The monoisotopic (exact) mass is 365 g/mol. The number of hydrogen-bond acceptors (Lipinski definition) is 6. The molecule has 0 fully saturated rings. The van der Waals surface area contributed by atoms with Crippen LogP contribution in [0.2, 0.25) is 0 Å². The maximum absolute atomic E-state index is 12.3. The first kappa shape index (κ1) is 15.9. The zero-order valence-electron chi connectivity index (χ0n) is 11.7. The zero-order valence-corrected chi connectivity index (χ0v) is 14.1. The van der Waals surface area contributed by atoms with E-state index >= 15 is 0 Å². The van der Waals surface area contributed by atoms with Gasteiger partial charge in [0.25, 0.3) is 0 Å². The Morgan fingerprint density at radius 2 is 1.39 bits per heavy atom. The van der Waals surface area contributed by atoms with Gasteiger partial charge in [0.05, 0.1) is 15.1 Å². The fourth-order valence-corrected chi connectivity index (χ4v) is 5.67. The van der Waals surface area contributed by atoms with E-state index in [1.165, 1.54) is 12.1 Å². The van der Waals surface area contributed by atoms with E-state index in [-0.39, 0.29) is 9.24 Å². The lowest BCUT2D eigenvalue weighted by molar-refractivity contribution is 0.600. The van der Waals surface area contributed by atoms with E-state index < -0.39 is 19.7 Å². The van der Waals surface area contributed by atoms with Crippen LogP contribution < -0.4 is 0 Å². The maximum Gasteiger partial charge on any atom is 0.227 e. The van der Waals surface area contributed by atoms with Crippen molar-refractivity contribution >= 4 is 41.2 Å². The molecule has 0 amide bonds. The predicted octanol–water partition coefficient (Wildman–Crippen LogP) is 3.02. The lowest BCUT2D eigenvalue weighted by atomic mass is 10.3. The standard InChI is InChI=1S/C15H11NO4S3/c17-22(18,12-6-2-1-3-7-12)10-11-23(19,20)15-16-13-8-4-5-9-14(13)21-15/h1-11H/b11-10-. The van der Waals surface area contributed by atoms with E-state index in [4.69, 9.17) is 0 Å². The summed E-state index contributed by atoms with van der Waals surface area (Å²) in [6.07, 6.45) is 0. The highest BCUT2D eigenvalue weighted by molar-refractivity contribution is 7.98. The number of nitrogens with zero attached hydrogens (tertiary/aromatic N) is 1. The second-order valence-electron chi connectivity index (χ2n) is 4.62. The van der Waals surface area contributed by atoms with Gasteiger partial charge in [0.15, 0.2) is 0 Å². The van der Waals surface area contributed by atoms with Crippen LogP contribution in [0, 0.1) is 0 Å². The largest absolute Gasteiger partial charge is 0.227 e. The van der Waals surface area contributed by atoms with E-state index in [1.807, 2.05) is 0 Å². The van der Waals surface area contributed by atoms with Gasteiger partial charge >= 0.3 is 0 Å². The van der Waals surface area contributed by atoms with E-state index in [0.717, 1.165) is 16.0 Å². The first-order valence-corrected chi connectivity index (χ1v) is 10.4. The molecule has 5 nitrogen and oxygen atoms in total. The van der Waals surface area contributed by atoms with Gasteiger partial charge in [-0.1, -0.05) is 30.3 Å². The molecule has 0 saturated carbocycles. The third-order valence-corrected chi connectivity index (χ3v) is 7.45. The van der Waals surface area contributed by atoms with Crippen molar-refractivity contribution in [2.45, 2.75) is 9.24 Å². The summed E-state index contributed by atoms with van der Waals surface area (Å²) in [5.41, 5.74) is 0.565. The molecule has 2 aromatic carbocycles. The third-order valence-electron chi connectivity index (χ3n) is 3.00. The molecule has 0 N–H and O–H groups in total. The maximum atomic E-state index is 12.3. The van der Waals surface area contributed by atoms with Gasteiger partial charge in [-0.25, -0.2) is 21.8 Å². The molecule has 0 aliphatic rings. The molecule has 1 aromatic heterocycles. The molecular formula is C15H11NO4S3. The SMILES string of the molecule is O=S(=O)(/C=C\S(=O)(=O)c1nc2ccccc2s1)c1ccccc1. The van der Waals surface area contributed by atoms with Crippen LogP contribution in [0.5, 0.6) is 0 Å². The average molecular weight is 365 g/mol. The fraction of sp³-hybridized carbons (Fsp3) is 0. The van der Waals surface area contributed by atoms with Crippen molar-refractivity contribution in [3.63, 3.8) is 0 Å². The second-order valence-corrected chi connectivity index (χ2v) is 9.49. The minimum Gasteiger partial charge on any atom is -0.225 e. The van der Waals surface area contributed by atoms with Crippen molar-refractivity contribution < 1.29 is 16.8 Å².